The molecule has 0 unspecified atom stereocenters. The lowest BCUT2D eigenvalue weighted by molar-refractivity contribution is 0.0955. The van der Waals surface area contributed by atoms with Crippen LogP contribution in [0.15, 0.2) is 48.5 Å². The Bertz CT molecular complexity index is 865. The maximum Gasteiger partial charge on any atom is 0.414 e. The van der Waals surface area contributed by atoms with Crippen LogP contribution < -0.4 is 15.0 Å². The summed E-state index contributed by atoms with van der Waals surface area (Å²) in [6, 6.07) is 14.3. The molecule has 0 spiro atoms. The van der Waals surface area contributed by atoms with Crippen molar-refractivity contribution in [2.45, 2.75) is 0 Å². The van der Waals surface area contributed by atoms with E-state index < -0.39 is 0 Å². The molecule has 3 rings (SSSR count). The summed E-state index contributed by atoms with van der Waals surface area (Å²) in [5.41, 5.74) is 2.05. The molecular weight excluding hydrogens is 332 g/mol. The first-order chi connectivity index (χ1) is 12.7. The van der Waals surface area contributed by atoms with E-state index >= 15 is 0 Å². The quantitative estimate of drug-likeness (QED) is 0.860. The zero-order valence-corrected chi connectivity index (χ0v) is 14.3. The molecule has 1 aliphatic rings. The van der Waals surface area contributed by atoms with Crippen molar-refractivity contribution in [1.29, 1.82) is 0 Å². The minimum absolute atomic E-state index is 0.219. The van der Waals surface area contributed by atoms with Gasteiger partial charge in [0.25, 0.3) is 5.91 Å². The summed E-state index contributed by atoms with van der Waals surface area (Å²) >= 11 is 0. The summed E-state index contributed by atoms with van der Waals surface area (Å²) < 4.78 is 10.1. The third-order valence-corrected chi connectivity index (χ3v) is 3.86. The van der Waals surface area contributed by atoms with Gasteiger partial charge in [0.15, 0.2) is 0 Å². The minimum Gasteiger partial charge on any atom is -0.496 e. The standard InChI is InChI=1S/C20H18N2O4/c1-25-18-7-3-2-6-17(18)19(23)21-12-4-5-15-8-10-16(11-9-15)22-13-14-26-20(22)24/h2-3,6-11H,12-14H2,1H3,(H,21,23). The summed E-state index contributed by atoms with van der Waals surface area (Å²) in [5.74, 6) is 6.17. The molecule has 0 bridgehead atoms. The van der Waals surface area contributed by atoms with E-state index in [4.69, 9.17) is 9.47 Å². The average molecular weight is 350 g/mol. The highest BCUT2D eigenvalue weighted by Gasteiger charge is 2.23. The first kappa shape index (κ1) is 17.4. The molecule has 2 aromatic rings. The van der Waals surface area contributed by atoms with Gasteiger partial charge in [-0.25, -0.2) is 4.79 Å². The summed E-state index contributed by atoms with van der Waals surface area (Å²) in [4.78, 5) is 25.2. The van der Waals surface area contributed by atoms with Crippen LogP contribution in [0.4, 0.5) is 10.5 Å². The van der Waals surface area contributed by atoms with E-state index in [2.05, 4.69) is 17.2 Å². The molecule has 1 fully saturated rings. The second-order valence-electron chi connectivity index (χ2n) is 5.50. The second-order valence-corrected chi connectivity index (χ2v) is 5.50. The van der Waals surface area contributed by atoms with Gasteiger partial charge in [-0.2, -0.15) is 0 Å². The molecule has 26 heavy (non-hydrogen) atoms. The van der Waals surface area contributed by atoms with Crippen molar-refractivity contribution in [3.8, 4) is 17.6 Å². The summed E-state index contributed by atoms with van der Waals surface area (Å²) in [6.45, 7) is 1.18. The molecule has 0 aromatic heterocycles. The fraction of sp³-hybridized carbons (Fsp3) is 0.200. The Kier molecular flexibility index (Phi) is 5.40. The minimum atomic E-state index is -0.331. The fourth-order valence-electron chi connectivity index (χ4n) is 2.55. The number of nitrogens with zero attached hydrogens (tertiary/aromatic N) is 1. The van der Waals surface area contributed by atoms with Crippen molar-refractivity contribution in [2.75, 3.05) is 31.7 Å². The Morgan fingerprint density at radius 2 is 2.00 bits per heavy atom. The molecule has 6 heteroatoms. The van der Waals surface area contributed by atoms with E-state index in [-0.39, 0.29) is 18.5 Å². The monoisotopic (exact) mass is 350 g/mol. The smallest absolute Gasteiger partial charge is 0.414 e. The lowest BCUT2D eigenvalue weighted by Gasteiger charge is -2.11. The van der Waals surface area contributed by atoms with Crippen LogP contribution in [-0.4, -0.2) is 38.8 Å². The van der Waals surface area contributed by atoms with Gasteiger partial charge < -0.3 is 14.8 Å². The van der Waals surface area contributed by atoms with Gasteiger partial charge in [0.2, 0.25) is 0 Å². The number of anilines is 1. The molecule has 0 aliphatic carbocycles. The molecule has 1 heterocycles. The molecule has 132 valence electrons. The zero-order chi connectivity index (χ0) is 18.4. The van der Waals surface area contributed by atoms with E-state index in [9.17, 15) is 9.59 Å². The highest BCUT2D eigenvalue weighted by molar-refractivity contribution is 5.97. The van der Waals surface area contributed by atoms with Crippen molar-refractivity contribution in [3.05, 3.63) is 59.7 Å². The van der Waals surface area contributed by atoms with E-state index in [1.807, 2.05) is 24.3 Å². The molecule has 1 saturated heterocycles. The first-order valence-corrected chi connectivity index (χ1v) is 8.13. The Balaban J connectivity index is 1.56. The van der Waals surface area contributed by atoms with E-state index in [0.29, 0.717) is 24.5 Å². The van der Waals surface area contributed by atoms with Gasteiger partial charge in [-0.3, -0.25) is 9.69 Å². The van der Waals surface area contributed by atoms with Crippen LogP contribution >= 0.6 is 0 Å². The molecule has 2 aromatic carbocycles. The molecule has 2 amide bonds. The van der Waals surface area contributed by atoms with Crippen LogP contribution in [0.2, 0.25) is 0 Å². The van der Waals surface area contributed by atoms with Crippen LogP contribution in [0.5, 0.6) is 5.75 Å². The number of carbonyl (C=O) groups excluding carboxylic acids is 2. The van der Waals surface area contributed by atoms with Crippen molar-refractivity contribution in [3.63, 3.8) is 0 Å². The largest absolute Gasteiger partial charge is 0.496 e. The van der Waals surface area contributed by atoms with E-state index in [0.717, 1.165) is 11.3 Å². The number of hydrogen-bond donors (Lipinski definition) is 1. The summed E-state index contributed by atoms with van der Waals surface area (Å²) in [5, 5.41) is 2.74. The van der Waals surface area contributed by atoms with Crippen LogP contribution in [0.3, 0.4) is 0 Å². The maximum absolute atomic E-state index is 12.1. The number of hydrogen-bond acceptors (Lipinski definition) is 4. The van der Waals surface area contributed by atoms with Gasteiger partial charge >= 0.3 is 6.09 Å². The predicted molar refractivity (Wildman–Crippen MR) is 97.3 cm³/mol. The van der Waals surface area contributed by atoms with Crippen LogP contribution in [0, 0.1) is 11.8 Å². The number of carbonyl (C=O) groups is 2. The lowest BCUT2D eigenvalue weighted by Crippen LogP contribution is -2.24. The second kappa shape index (κ2) is 8.08. The molecule has 0 saturated carbocycles. The number of nitrogens with one attached hydrogen (secondary N) is 1. The Morgan fingerprint density at radius 1 is 1.23 bits per heavy atom. The van der Waals surface area contributed by atoms with Crippen LogP contribution in [-0.2, 0) is 4.74 Å². The number of methoxy groups -OCH3 is 1. The molecule has 0 atom stereocenters. The predicted octanol–water partition coefficient (Wildman–Crippen LogP) is 2.43. The van der Waals surface area contributed by atoms with Crippen molar-refractivity contribution in [2.24, 2.45) is 0 Å². The fourth-order valence-corrected chi connectivity index (χ4v) is 2.55. The molecule has 6 nitrogen and oxygen atoms in total. The Hall–Kier alpha value is -3.46. The van der Waals surface area contributed by atoms with Crippen LogP contribution in [0.1, 0.15) is 15.9 Å². The molecular formula is C20H18N2O4. The van der Waals surface area contributed by atoms with Gasteiger partial charge in [0.05, 0.1) is 25.8 Å². The third-order valence-electron chi connectivity index (χ3n) is 3.86. The maximum atomic E-state index is 12.1. The zero-order valence-electron chi connectivity index (χ0n) is 14.3. The molecule has 0 radical (unpaired) electrons. The van der Waals surface area contributed by atoms with Gasteiger partial charge in [-0.15, -0.1) is 0 Å². The SMILES string of the molecule is COc1ccccc1C(=O)NCC#Cc1ccc(N2CCOC2=O)cc1. The van der Waals surface area contributed by atoms with Crippen molar-refractivity contribution < 1.29 is 19.1 Å². The van der Waals surface area contributed by atoms with Gasteiger partial charge in [-0.05, 0) is 36.4 Å². The molecule has 1 aliphatic heterocycles. The number of amides is 2. The van der Waals surface area contributed by atoms with Crippen molar-refractivity contribution in [1.82, 2.24) is 5.32 Å². The number of rotatable bonds is 4. The highest BCUT2D eigenvalue weighted by atomic mass is 16.6. The Morgan fingerprint density at radius 3 is 2.69 bits per heavy atom. The normalized spacial score (nSPS) is 12.8. The Labute approximate surface area is 151 Å². The lowest BCUT2D eigenvalue weighted by atomic mass is 10.2. The molecule has 1 N–H and O–H groups in total. The first-order valence-electron chi connectivity index (χ1n) is 8.13. The highest BCUT2D eigenvalue weighted by Crippen LogP contribution is 2.19. The van der Waals surface area contributed by atoms with Gasteiger partial charge in [0, 0.05) is 11.3 Å². The number of benzene rings is 2. The van der Waals surface area contributed by atoms with Crippen LogP contribution in [0.25, 0.3) is 0 Å². The summed E-state index contributed by atoms with van der Waals surface area (Å²) in [7, 11) is 1.53. The topological polar surface area (TPSA) is 67.9 Å². The van der Waals surface area contributed by atoms with E-state index in [1.54, 1.807) is 29.2 Å². The third kappa shape index (κ3) is 3.95. The van der Waals surface area contributed by atoms with Gasteiger partial charge in [-0.1, -0.05) is 24.0 Å². The van der Waals surface area contributed by atoms with Gasteiger partial charge in [0.1, 0.15) is 12.4 Å². The van der Waals surface area contributed by atoms with E-state index in [1.165, 1.54) is 7.11 Å². The summed E-state index contributed by atoms with van der Waals surface area (Å²) in [6.07, 6.45) is -0.331. The number of cyclic esters (lactones) is 1. The average Bonchev–Trinajstić information content (AvgIpc) is 3.11. The number of ether oxygens (including phenoxy) is 2. The van der Waals surface area contributed by atoms with Crippen molar-refractivity contribution >= 4 is 17.7 Å². The number of para-hydroxylation sites is 1.